The van der Waals surface area contributed by atoms with Crippen LogP contribution >= 0.6 is 0 Å². The minimum atomic E-state index is -5.08. The van der Waals surface area contributed by atoms with Gasteiger partial charge in [-0.25, -0.2) is 29.1 Å². The highest BCUT2D eigenvalue weighted by Crippen LogP contribution is 2.28. The molecule has 1 aliphatic rings. The number of benzene rings is 1. The molecule has 1 aromatic carbocycles. The van der Waals surface area contributed by atoms with Crippen LogP contribution < -0.4 is 5.32 Å². The molecule has 1 unspecified atom stereocenters. The summed E-state index contributed by atoms with van der Waals surface area (Å²) in [6.45, 7) is 0. The molecule has 2 amide bonds. The lowest BCUT2D eigenvalue weighted by Gasteiger charge is -2.22. The highest BCUT2D eigenvalue weighted by Gasteiger charge is 2.38. The number of carboxylic acid groups (broad SMARTS) is 1. The number of hydrazone groups is 1. The van der Waals surface area contributed by atoms with Crippen molar-refractivity contribution < 1.29 is 27.9 Å². The van der Waals surface area contributed by atoms with Gasteiger partial charge in [0.15, 0.2) is 5.65 Å². The minimum absolute atomic E-state index is 0.120. The predicted molar refractivity (Wildman–Crippen MR) is 130 cm³/mol. The summed E-state index contributed by atoms with van der Waals surface area (Å²) in [5.41, 5.74) is 3.53. The zero-order chi connectivity index (χ0) is 27.1. The van der Waals surface area contributed by atoms with Crippen molar-refractivity contribution in [1.29, 1.82) is 0 Å². The Kier molecular flexibility index (Phi) is 7.62. The molecule has 1 aliphatic heterocycles. The van der Waals surface area contributed by atoms with Crippen molar-refractivity contribution in [3.63, 3.8) is 0 Å². The Morgan fingerprint density at radius 2 is 1.79 bits per heavy atom. The highest BCUT2D eigenvalue weighted by atomic mass is 19.4. The molecule has 13 heteroatoms. The van der Waals surface area contributed by atoms with Gasteiger partial charge in [-0.15, -0.1) is 0 Å². The number of aromatic nitrogens is 4. The first-order valence-electron chi connectivity index (χ1n) is 11.0. The summed E-state index contributed by atoms with van der Waals surface area (Å²) in [5, 5.41) is 20.0. The summed E-state index contributed by atoms with van der Waals surface area (Å²) in [6, 6.07) is 16.5. The van der Waals surface area contributed by atoms with E-state index in [1.165, 1.54) is 5.01 Å². The average molecular weight is 521 g/mol. The third-order valence-corrected chi connectivity index (χ3v) is 5.07. The van der Waals surface area contributed by atoms with Gasteiger partial charge in [0, 0.05) is 30.7 Å². The topological polar surface area (TPSA) is 125 Å². The fraction of sp³-hybridized carbons (Fsp3) is 0.120. The summed E-state index contributed by atoms with van der Waals surface area (Å²) in [4.78, 5) is 30.3. The number of aliphatic carboxylic acids is 1. The molecular formula is C25H18F3N7O3. The Morgan fingerprint density at radius 3 is 2.53 bits per heavy atom. The molecule has 1 atom stereocenters. The van der Waals surface area contributed by atoms with E-state index < -0.39 is 12.1 Å². The number of halogens is 3. The van der Waals surface area contributed by atoms with Gasteiger partial charge in [-0.2, -0.15) is 23.4 Å². The van der Waals surface area contributed by atoms with E-state index in [2.05, 4.69) is 37.3 Å². The molecule has 4 heterocycles. The van der Waals surface area contributed by atoms with Crippen molar-refractivity contribution in [2.24, 2.45) is 5.10 Å². The molecule has 38 heavy (non-hydrogen) atoms. The average Bonchev–Trinajstić information content (AvgIpc) is 3.56. The van der Waals surface area contributed by atoms with Crippen LogP contribution in [0.25, 0.3) is 5.65 Å². The molecular weight excluding hydrogens is 503 g/mol. The normalized spacial score (nSPS) is 14.3. The number of urea groups is 1. The molecule has 0 bridgehead atoms. The van der Waals surface area contributed by atoms with Crippen LogP contribution in [0, 0.1) is 11.8 Å². The molecule has 0 saturated heterocycles. The number of hydrogen-bond acceptors (Lipinski definition) is 6. The maximum Gasteiger partial charge on any atom is 0.490 e. The number of amides is 2. The summed E-state index contributed by atoms with van der Waals surface area (Å²) in [5.74, 6) is 3.27. The van der Waals surface area contributed by atoms with Gasteiger partial charge in [0.05, 0.1) is 12.2 Å². The van der Waals surface area contributed by atoms with E-state index >= 15 is 0 Å². The molecule has 3 aromatic heterocycles. The van der Waals surface area contributed by atoms with Crippen LogP contribution in [0.5, 0.6) is 0 Å². The smallest absolute Gasteiger partial charge is 0.475 e. The van der Waals surface area contributed by atoms with Crippen molar-refractivity contribution in [3.05, 3.63) is 90.1 Å². The fourth-order valence-corrected chi connectivity index (χ4v) is 3.36. The highest BCUT2D eigenvalue weighted by molar-refractivity contribution is 5.91. The monoisotopic (exact) mass is 521 g/mol. The first-order chi connectivity index (χ1) is 18.2. The standard InChI is InChI=1S/C23H17N7O.C2HF3O2/c31-23(30-21(11-14-27-30)17-5-2-1-3-6-17)28-19-10-13-24-18(15-19)8-9-20-16-25-22-7-4-12-26-29(20)22;3-2(4,5)1(6)7/h1-7,10,12-16,21H,11H2,(H,24,28,31);(H,6,7). The SMILES string of the molecule is O=C(Nc1ccnc(C#Cc2cnc3cccnn23)c1)N1N=CCC1c1ccccc1.O=C(O)C(F)(F)F. The minimum Gasteiger partial charge on any atom is -0.475 e. The number of carboxylic acids is 1. The lowest BCUT2D eigenvalue weighted by molar-refractivity contribution is -0.192. The molecule has 0 fully saturated rings. The van der Waals surface area contributed by atoms with E-state index in [1.807, 2.05) is 42.5 Å². The number of imidazole rings is 1. The Bertz CT molecular complexity index is 1540. The van der Waals surface area contributed by atoms with E-state index in [9.17, 15) is 18.0 Å². The van der Waals surface area contributed by atoms with Crippen LogP contribution in [0.4, 0.5) is 23.7 Å². The van der Waals surface area contributed by atoms with Crippen molar-refractivity contribution in [1.82, 2.24) is 24.6 Å². The van der Waals surface area contributed by atoms with Crippen LogP contribution in [-0.2, 0) is 4.79 Å². The summed E-state index contributed by atoms with van der Waals surface area (Å²) in [6.07, 6.45) is 2.30. The summed E-state index contributed by atoms with van der Waals surface area (Å²) < 4.78 is 33.4. The van der Waals surface area contributed by atoms with Crippen LogP contribution in [0.2, 0.25) is 0 Å². The Morgan fingerprint density at radius 1 is 1.03 bits per heavy atom. The summed E-state index contributed by atoms with van der Waals surface area (Å²) >= 11 is 0. The fourth-order valence-electron chi connectivity index (χ4n) is 3.36. The van der Waals surface area contributed by atoms with E-state index in [1.54, 1.807) is 41.5 Å². The van der Waals surface area contributed by atoms with Gasteiger partial charge >= 0.3 is 18.2 Å². The van der Waals surface area contributed by atoms with Gasteiger partial charge < -0.3 is 10.4 Å². The van der Waals surface area contributed by atoms with Gasteiger partial charge in [0.2, 0.25) is 0 Å². The molecule has 0 aliphatic carbocycles. The van der Waals surface area contributed by atoms with E-state index in [-0.39, 0.29) is 12.1 Å². The van der Waals surface area contributed by atoms with E-state index in [0.717, 1.165) is 11.2 Å². The second kappa shape index (κ2) is 11.2. The van der Waals surface area contributed by atoms with Gasteiger partial charge in [-0.1, -0.05) is 30.3 Å². The molecule has 192 valence electrons. The van der Waals surface area contributed by atoms with Crippen molar-refractivity contribution in [2.75, 3.05) is 5.32 Å². The van der Waals surface area contributed by atoms with Crippen LogP contribution in [0.15, 0.2) is 78.3 Å². The predicted octanol–water partition coefficient (Wildman–Crippen LogP) is 4.12. The third-order valence-electron chi connectivity index (χ3n) is 5.07. The van der Waals surface area contributed by atoms with Crippen LogP contribution in [-0.4, -0.2) is 54.1 Å². The number of alkyl halides is 3. The van der Waals surface area contributed by atoms with E-state index in [4.69, 9.17) is 9.90 Å². The largest absolute Gasteiger partial charge is 0.490 e. The number of rotatable bonds is 2. The van der Waals surface area contributed by atoms with Gasteiger partial charge in [0.1, 0.15) is 11.4 Å². The Hall–Kier alpha value is -5.25. The second-order valence-electron chi connectivity index (χ2n) is 7.65. The molecule has 4 aromatic rings. The quantitative estimate of drug-likeness (QED) is 0.383. The second-order valence-corrected chi connectivity index (χ2v) is 7.65. The van der Waals surface area contributed by atoms with Crippen molar-refractivity contribution in [2.45, 2.75) is 18.6 Å². The number of carbonyl (C=O) groups excluding carboxylic acids is 1. The number of fused-ring (bicyclic) bond motifs is 1. The molecule has 0 saturated carbocycles. The number of pyridine rings is 1. The van der Waals surface area contributed by atoms with Crippen molar-refractivity contribution in [3.8, 4) is 11.8 Å². The molecule has 10 nitrogen and oxygen atoms in total. The molecule has 0 spiro atoms. The van der Waals surface area contributed by atoms with Gasteiger partial charge in [0.25, 0.3) is 0 Å². The number of anilines is 1. The first-order valence-corrected chi connectivity index (χ1v) is 11.0. The maximum absolute atomic E-state index is 12.8. The number of nitrogens with one attached hydrogen (secondary N) is 1. The van der Waals surface area contributed by atoms with Crippen LogP contribution in [0.1, 0.15) is 29.4 Å². The number of hydrogen-bond donors (Lipinski definition) is 2. The third kappa shape index (κ3) is 6.30. The Balaban J connectivity index is 0.000000426. The Labute approximate surface area is 213 Å². The zero-order valence-corrected chi connectivity index (χ0v) is 19.4. The van der Waals surface area contributed by atoms with E-state index in [0.29, 0.717) is 23.5 Å². The number of nitrogens with zero attached hydrogens (tertiary/aromatic N) is 6. The lowest BCUT2D eigenvalue weighted by atomic mass is 10.1. The lowest BCUT2D eigenvalue weighted by Crippen LogP contribution is -2.31. The number of carbonyl (C=O) groups is 2. The van der Waals surface area contributed by atoms with Gasteiger partial charge in [-0.3, -0.25) is 0 Å². The molecule has 0 radical (unpaired) electrons. The van der Waals surface area contributed by atoms with Crippen LogP contribution in [0.3, 0.4) is 0 Å². The van der Waals surface area contributed by atoms with Crippen molar-refractivity contribution >= 4 is 29.5 Å². The molecule has 5 rings (SSSR count). The first kappa shape index (κ1) is 25.8. The zero-order valence-electron chi connectivity index (χ0n) is 19.4. The molecule has 2 N–H and O–H groups in total. The maximum atomic E-state index is 12.8. The van der Waals surface area contributed by atoms with Gasteiger partial charge in [-0.05, 0) is 41.7 Å². The summed E-state index contributed by atoms with van der Waals surface area (Å²) in [7, 11) is 0.